The number of aromatic nitrogens is 1. The third-order valence-corrected chi connectivity index (χ3v) is 5.57. The Morgan fingerprint density at radius 3 is 2.74 bits per heavy atom. The first kappa shape index (κ1) is 20.8. The Morgan fingerprint density at radius 2 is 1.94 bits per heavy atom. The Balaban J connectivity index is 1.47. The first-order chi connectivity index (χ1) is 15.2. The number of ether oxygens (including phenoxy) is 3. The van der Waals surface area contributed by atoms with Gasteiger partial charge in [0.15, 0.2) is 28.1 Å². The van der Waals surface area contributed by atoms with Crippen LogP contribution >= 0.6 is 11.3 Å². The summed E-state index contributed by atoms with van der Waals surface area (Å²) in [7, 11) is 3.14. The Labute approximate surface area is 183 Å². The molecule has 0 amide bonds. The van der Waals surface area contributed by atoms with Gasteiger partial charge in [0, 0.05) is 12.7 Å². The lowest BCUT2D eigenvalue weighted by Gasteiger charge is -2.11. The van der Waals surface area contributed by atoms with Gasteiger partial charge >= 0.3 is 0 Å². The van der Waals surface area contributed by atoms with Crippen molar-refractivity contribution in [3.05, 3.63) is 72.0 Å². The number of rotatable bonds is 9. The number of benzene rings is 2. The molecule has 0 aliphatic heterocycles. The number of fused-ring (bicyclic) bond motifs is 1. The predicted molar refractivity (Wildman–Crippen MR) is 121 cm³/mol. The Bertz CT molecular complexity index is 1190. The van der Waals surface area contributed by atoms with E-state index in [0.29, 0.717) is 41.8 Å². The molecule has 0 unspecified atom stereocenters. The number of thiazole rings is 1. The molecule has 0 aliphatic carbocycles. The van der Waals surface area contributed by atoms with Crippen LogP contribution in [0.3, 0.4) is 0 Å². The van der Waals surface area contributed by atoms with Crippen molar-refractivity contribution in [2.75, 3.05) is 27.4 Å². The lowest BCUT2D eigenvalue weighted by atomic mass is 10.1. The molecule has 0 atom stereocenters. The summed E-state index contributed by atoms with van der Waals surface area (Å²) in [6.45, 7) is 0.865. The lowest BCUT2D eigenvalue weighted by molar-refractivity contribution is 0.104. The van der Waals surface area contributed by atoms with E-state index in [2.05, 4.69) is 4.98 Å². The maximum atomic E-state index is 12.6. The van der Waals surface area contributed by atoms with Crippen LogP contribution in [0.4, 0.5) is 0 Å². The van der Waals surface area contributed by atoms with Crippen LogP contribution in [0, 0.1) is 0 Å². The van der Waals surface area contributed by atoms with Crippen LogP contribution < -0.4 is 9.47 Å². The molecule has 0 aliphatic rings. The zero-order chi connectivity index (χ0) is 21.6. The van der Waals surface area contributed by atoms with E-state index in [1.54, 1.807) is 42.7 Å². The number of hydrogen-bond acceptors (Lipinski definition) is 7. The van der Waals surface area contributed by atoms with Crippen LogP contribution in [0.5, 0.6) is 11.5 Å². The highest BCUT2D eigenvalue weighted by atomic mass is 32.1. The van der Waals surface area contributed by atoms with Gasteiger partial charge in [-0.2, -0.15) is 0 Å². The van der Waals surface area contributed by atoms with Gasteiger partial charge in [-0.05, 0) is 54.6 Å². The van der Waals surface area contributed by atoms with Crippen molar-refractivity contribution in [3.63, 3.8) is 0 Å². The molecule has 0 spiro atoms. The molecule has 31 heavy (non-hydrogen) atoms. The summed E-state index contributed by atoms with van der Waals surface area (Å²) in [5, 5.41) is 0.806. The van der Waals surface area contributed by atoms with E-state index in [4.69, 9.17) is 18.6 Å². The molecule has 6 nitrogen and oxygen atoms in total. The molecule has 2 heterocycles. The van der Waals surface area contributed by atoms with E-state index in [9.17, 15) is 4.79 Å². The molecule has 0 fully saturated rings. The number of para-hydroxylation sites is 1. The van der Waals surface area contributed by atoms with Crippen LogP contribution in [0.1, 0.15) is 16.1 Å². The van der Waals surface area contributed by atoms with Crippen molar-refractivity contribution in [1.29, 1.82) is 0 Å². The average molecular weight is 436 g/mol. The second-order valence-electron chi connectivity index (χ2n) is 6.59. The van der Waals surface area contributed by atoms with Gasteiger partial charge in [0.25, 0.3) is 0 Å². The number of allylic oxidation sites excluding steroid dienone is 1. The van der Waals surface area contributed by atoms with E-state index in [0.717, 1.165) is 15.2 Å². The van der Waals surface area contributed by atoms with E-state index in [-0.39, 0.29) is 5.78 Å². The minimum atomic E-state index is -0.167. The van der Waals surface area contributed by atoms with E-state index in [1.807, 2.05) is 36.4 Å². The molecule has 0 bridgehead atoms. The van der Waals surface area contributed by atoms with Crippen molar-refractivity contribution < 1.29 is 23.4 Å². The molecule has 4 aromatic rings. The maximum Gasteiger partial charge on any atom is 0.186 e. The molecule has 0 N–H and O–H groups in total. The van der Waals surface area contributed by atoms with Gasteiger partial charge in [0.05, 0.1) is 23.9 Å². The van der Waals surface area contributed by atoms with E-state index in [1.165, 1.54) is 13.2 Å². The molecule has 7 heteroatoms. The SMILES string of the molecule is COCCOc1ccc(C(=O)/C=C/c2ccc(-c3nc4ccccc4s3)o2)cc1OC. The van der Waals surface area contributed by atoms with Gasteiger partial charge < -0.3 is 18.6 Å². The smallest absolute Gasteiger partial charge is 0.186 e. The highest BCUT2D eigenvalue weighted by Crippen LogP contribution is 2.31. The van der Waals surface area contributed by atoms with Crippen LogP contribution in [0.15, 0.2) is 65.1 Å². The van der Waals surface area contributed by atoms with Crippen LogP contribution in [-0.4, -0.2) is 38.2 Å². The van der Waals surface area contributed by atoms with Gasteiger partial charge in [0.1, 0.15) is 12.4 Å². The van der Waals surface area contributed by atoms with Crippen molar-refractivity contribution in [1.82, 2.24) is 4.98 Å². The van der Waals surface area contributed by atoms with Crippen LogP contribution in [0.25, 0.3) is 27.1 Å². The molecular formula is C24H21NO5S. The second-order valence-corrected chi connectivity index (χ2v) is 7.62. The zero-order valence-corrected chi connectivity index (χ0v) is 18.0. The fourth-order valence-corrected chi connectivity index (χ4v) is 3.89. The summed E-state index contributed by atoms with van der Waals surface area (Å²) in [5.41, 5.74) is 1.43. The van der Waals surface area contributed by atoms with Gasteiger partial charge in [-0.15, -0.1) is 11.3 Å². The summed E-state index contributed by atoms with van der Waals surface area (Å²) in [6, 6.07) is 16.7. The number of carbonyl (C=O) groups excluding carboxylic acids is 1. The fraction of sp³-hybridized carbons (Fsp3) is 0.167. The lowest BCUT2D eigenvalue weighted by Crippen LogP contribution is -2.06. The number of hydrogen-bond donors (Lipinski definition) is 0. The zero-order valence-electron chi connectivity index (χ0n) is 17.2. The minimum Gasteiger partial charge on any atom is -0.493 e. The standard InChI is InChI=1S/C24H21NO5S/c1-27-13-14-29-20-11-7-16(15-22(20)28-2)19(26)10-8-17-9-12-21(30-17)24-25-18-5-3-4-6-23(18)31-24/h3-12,15H,13-14H2,1-2H3/b10-8+. The highest BCUT2D eigenvalue weighted by Gasteiger charge is 2.11. The number of methoxy groups -OCH3 is 2. The third kappa shape index (κ3) is 4.84. The van der Waals surface area contributed by atoms with Gasteiger partial charge in [0.2, 0.25) is 0 Å². The summed E-state index contributed by atoms with van der Waals surface area (Å²) in [4.78, 5) is 17.2. The number of carbonyl (C=O) groups is 1. The monoisotopic (exact) mass is 435 g/mol. The van der Waals surface area contributed by atoms with Crippen LogP contribution in [-0.2, 0) is 4.74 Å². The second kappa shape index (κ2) is 9.59. The topological polar surface area (TPSA) is 70.8 Å². The van der Waals surface area contributed by atoms with E-state index < -0.39 is 0 Å². The van der Waals surface area contributed by atoms with Gasteiger partial charge in [-0.1, -0.05) is 12.1 Å². The maximum absolute atomic E-state index is 12.6. The normalized spacial score (nSPS) is 11.3. The quantitative estimate of drug-likeness (QED) is 0.197. The first-order valence-corrected chi connectivity index (χ1v) is 10.5. The minimum absolute atomic E-state index is 0.167. The highest BCUT2D eigenvalue weighted by molar-refractivity contribution is 7.21. The van der Waals surface area contributed by atoms with Crippen LogP contribution in [0.2, 0.25) is 0 Å². The molecule has 158 valence electrons. The summed E-state index contributed by atoms with van der Waals surface area (Å²) < 4.78 is 22.9. The largest absolute Gasteiger partial charge is 0.493 e. The Morgan fingerprint density at radius 1 is 1.06 bits per heavy atom. The number of ketones is 1. The van der Waals surface area contributed by atoms with Gasteiger partial charge in [-0.25, -0.2) is 4.98 Å². The summed E-state index contributed by atoms with van der Waals surface area (Å²) in [6.07, 6.45) is 3.12. The van der Waals surface area contributed by atoms with Crippen molar-refractivity contribution in [2.45, 2.75) is 0 Å². The van der Waals surface area contributed by atoms with Crippen molar-refractivity contribution >= 4 is 33.4 Å². The molecular weight excluding hydrogens is 414 g/mol. The predicted octanol–water partition coefficient (Wildman–Crippen LogP) is 5.49. The molecule has 2 aromatic heterocycles. The summed E-state index contributed by atoms with van der Waals surface area (Å²) >= 11 is 1.57. The van der Waals surface area contributed by atoms with Gasteiger partial charge in [-0.3, -0.25) is 4.79 Å². The average Bonchev–Trinajstić information content (AvgIpc) is 3.44. The number of furan rings is 1. The fourth-order valence-electron chi connectivity index (χ4n) is 2.96. The molecule has 0 saturated carbocycles. The molecule has 4 rings (SSSR count). The Hall–Kier alpha value is -3.42. The molecule has 2 aromatic carbocycles. The van der Waals surface area contributed by atoms with E-state index >= 15 is 0 Å². The third-order valence-electron chi connectivity index (χ3n) is 4.52. The number of nitrogens with zero attached hydrogens (tertiary/aromatic N) is 1. The Kier molecular flexibility index (Phi) is 6.45. The first-order valence-electron chi connectivity index (χ1n) is 9.66. The van der Waals surface area contributed by atoms with Crippen molar-refractivity contribution in [2.24, 2.45) is 0 Å². The molecule has 0 saturated heterocycles. The van der Waals surface area contributed by atoms with Crippen molar-refractivity contribution in [3.8, 4) is 22.3 Å². The summed E-state index contributed by atoms with van der Waals surface area (Å²) in [5.74, 6) is 2.14. The molecule has 0 radical (unpaired) electrons.